The van der Waals surface area contributed by atoms with Crippen LogP contribution in [0.2, 0.25) is 0 Å². The van der Waals surface area contributed by atoms with E-state index in [4.69, 9.17) is 10.5 Å². The van der Waals surface area contributed by atoms with Gasteiger partial charge >= 0.3 is 0 Å². The average molecular weight is 288 g/mol. The Morgan fingerprint density at radius 2 is 2.00 bits per heavy atom. The molecule has 1 fully saturated rings. The predicted molar refractivity (Wildman–Crippen MR) is 70.0 cm³/mol. The number of nitrogens with one attached hydrogen (secondary N) is 1. The van der Waals surface area contributed by atoms with E-state index < -0.39 is 10.0 Å². The zero-order valence-electron chi connectivity index (χ0n) is 11.4. The van der Waals surface area contributed by atoms with Crippen LogP contribution < -0.4 is 5.73 Å². The zero-order valence-corrected chi connectivity index (χ0v) is 12.2. The van der Waals surface area contributed by atoms with E-state index in [1.807, 2.05) is 13.8 Å². The van der Waals surface area contributed by atoms with Crippen LogP contribution in [-0.2, 0) is 21.3 Å². The van der Waals surface area contributed by atoms with Crippen LogP contribution in [0.15, 0.2) is 5.03 Å². The van der Waals surface area contributed by atoms with E-state index in [-0.39, 0.29) is 23.8 Å². The van der Waals surface area contributed by atoms with E-state index in [9.17, 15) is 8.42 Å². The highest BCUT2D eigenvalue weighted by atomic mass is 32.2. The van der Waals surface area contributed by atoms with Crippen LogP contribution in [0.5, 0.6) is 0 Å². The third kappa shape index (κ3) is 2.66. The van der Waals surface area contributed by atoms with Crippen molar-refractivity contribution in [2.75, 3.05) is 13.1 Å². The second-order valence-electron chi connectivity index (χ2n) is 4.92. The highest BCUT2D eigenvalue weighted by Crippen LogP contribution is 2.23. The van der Waals surface area contributed by atoms with Gasteiger partial charge in [-0.3, -0.25) is 5.10 Å². The molecule has 8 heteroatoms. The largest absolute Gasteiger partial charge is 0.373 e. The van der Waals surface area contributed by atoms with Gasteiger partial charge in [-0.25, -0.2) is 8.42 Å². The molecule has 0 aromatic carbocycles. The van der Waals surface area contributed by atoms with Crippen LogP contribution in [0, 0.1) is 6.92 Å². The molecule has 108 valence electrons. The molecular weight excluding hydrogens is 268 g/mol. The lowest BCUT2D eigenvalue weighted by atomic mass is 10.3. The Balaban J connectivity index is 2.36. The summed E-state index contributed by atoms with van der Waals surface area (Å²) in [5.41, 5.74) is 6.85. The smallest absolute Gasteiger partial charge is 0.262 e. The second-order valence-corrected chi connectivity index (χ2v) is 6.77. The van der Waals surface area contributed by atoms with Gasteiger partial charge in [0, 0.05) is 30.9 Å². The topological polar surface area (TPSA) is 101 Å². The summed E-state index contributed by atoms with van der Waals surface area (Å²) in [6.45, 7) is 6.30. The Morgan fingerprint density at radius 1 is 1.42 bits per heavy atom. The minimum atomic E-state index is -3.62. The molecule has 7 nitrogen and oxygen atoms in total. The molecule has 1 aromatic heterocycles. The van der Waals surface area contributed by atoms with Gasteiger partial charge in [0.2, 0.25) is 0 Å². The molecule has 2 heterocycles. The summed E-state index contributed by atoms with van der Waals surface area (Å²) < 4.78 is 32.2. The lowest BCUT2D eigenvalue weighted by molar-refractivity contribution is -0.0441. The van der Waals surface area contributed by atoms with E-state index in [0.29, 0.717) is 24.3 Å². The molecule has 0 radical (unpaired) electrons. The molecule has 1 aliphatic heterocycles. The third-order valence-electron chi connectivity index (χ3n) is 3.21. The fourth-order valence-electron chi connectivity index (χ4n) is 2.33. The number of rotatable bonds is 3. The van der Waals surface area contributed by atoms with E-state index in [0.717, 1.165) is 0 Å². The highest BCUT2D eigenvalue weighted by molar-refractivity contribution is 7.89. The first-order chi connectivity index (χ1) is 8.86. The third-order valence-corrected chi connectivity index (χ3v) is 5.01. The van der Waals surface area contributed by atoms with Gasteiger partial charge in [0.05, 0.1) is 12.2 Å². The van der Waals surface area contributed by atoms with Crippen molar-refractivity contribution in [3.63, 3.8) is 0 Å². The molecule has 1 saturated heterocycles. The maximum absolute atomic E-state index is 12.6. The molecule has 0 spiro atoms. The molecule has 1 aromatic rings. The fraction of sp³-hybridized carbons (Fsp3) is 0.727. The van der Waals surface area contributed by atoms with Crippen LogP contribution in [-0.4, -0.2) is 48.2 Å². The first kappa shape index (κ1) is 14.4. The summed E-state index contributed by atoms with van der Waals surface area (Å²) in [5.74, 6) is 0. The van der Waals surface area contributed by atoms with Crippen molar-refractivity contribution in [2.45, 2.75) is 44.5 Å². The number of ether oxygens (including phenoxy) is 1. The Kier molecular flexibility index (Phi) is 3.95. The number of aromatic nitrogens is 2. The van der Waals surface area contributed by atoms with Gasteiger partial charge in [-0.05, 0) is 20.8 Å². The normalized spacial score (nSPS) is 25.7. The second kappa shape index (κ2) is 5.20. The zero-order chi connectivity index (χ0) is 14.2. The molecule has 3 N–H and O–H groups in total. The lowest BCUT2D eigenvalue weighted by Gasteiger charge is -2.34. The minimum absolute atomic E-state index is 0.0359. The number of nitrogens with zero attached hydrogens (tertiary/aromatic N) is 2. The average Bonchev–Trinajstić information content (AvgIpc) is 2.69. The number of aryl methyl sites for hydroxylation is 1. The van der Waals surface area contributed by atoms with Gasteiger partial charge < -0.3 is 10.5 Å². The Labute approximate surface area is 113 Å². The van der Waals surface area contributed by atoms with Gasteiger partial charge in [-0.1, -0.05) is 0 Å². The Morgan fingerprint density at radius 3 is 2.53 bits per heavy atom. The number of hydrogen-bond donors (Lipinski definition) is 2. The molecule has 0 aliphatic carbocycles. The molecule has 0 bridgehead atoms. The van der Waals surface area contributed by atoms with E-state index >= 15 is 0 Å². The fourth-order valence-corrected chi connectivity index (χ4v) is 4.10. The van der Waals surface area contributed by atoms with Crippen molar-refractivity contribution in [3.8, 4) is 0 Å². The first-order valence-electron chi connectivity index (χ1n) is 6.25. The summed E-state index contributed by atoms with van der Waals surface area (Å²) in [6, 6.07) is 0. The molecular formula is C11H20N4O3S. The maximum Gasteiger partial charge on any atom is 0.262 e. The van der Waals surface area contributed by atoms with Gasteiger partial charge in [-0.15, -0.1) is 0 Å². The number of H-pyrrole nitrogens is 1. The van der Waals surface area contributed by atoms with Gasteiger partial charge in [-0.2, -0.15) is 9.40 Å². The Hall–Kier alpha value is -0.960. The summed E-state index contributed by atoms with van der Waals surface area (Å²) in [4.78, 5) is 0. The summed E-state index contributed by atoms with van der Waals surface area (Å²) in [7, 11) is -3.62. The number of sulfonamides is 1. The standard InChI is InChI=1S/C11H20N4O3S/c1-7-5-15(6-8(2)18-7)19(16,17)11-10(4-12)9(3)13-14-11/h7-8H,4-6,12H2,1-3H3,(H,13,14). The number of aromatic amines is 1. The SMILES string of the molecule is Cc1[nH]nc(S(=O)(=O)N2CC(C)OC(C)C2)c1CN. The van der Waals surface area contributed by atoms with Crippen LogP contribution in [0.1, 0.15) is 25.1 Å². The van der Waals surface area contributed by atoms with E-state index in [2.05, 4.69) is 10.2 Å². The monoisotopic (exact) mass is 288 g/mol. The summed E-state index contributed by atoms with van der Waals surface area (Å²) in [6.07, 6.45) is -0.250. The van der Waals surface area contributed by atoms with Crippen molar-refractivity contribution >= 4 is 10.0 Å². The van der Waals surface area contributed by atoms with E-state index in [1.165, 1.54) is 4.31 Å². The van der Waals surface area contributed by atoms with Crippen molar-refractivity contribution in [2.24, 2.45) is 5.73 Å². The summed E-state index contributed by atoms with van der Waals surface area (Å²) in [5, 5.41) is 6.63. The van der Waals surface area contributed by atoms with Crippen molar-refractivity contribution < 1.29 is 13.2 Å². The van der Waals surface area contributed by atoms with Crippen LogP contribution in [0.4, 0.5) is 0 Å². The molecule has 0 amide bonds. The van der Waals surface area contributed by atoms with Gasteiger partial charge in [0.25, 0.3) is 10.0 Å². The maximum atomic E-state index is 12.6. The number of nitrogens with two attached hydrogens (primary N) is 1. The Bertz CT molecular complexity index is 544. The molecule has 2 rings (SSSR count). The first-order valence-corrected chi connectivity index (χ1v) is 7.69. The van der Waals surface area contributed by atoms with Gasteiger partial charge in [0.15, 0.2) is 5.03 Å². The van der Waals surface area contributed by atoms with Crippen molar-refractivity contribution in [3.05, 3.63) is 11.3 Å². The van der Waals surface area contributed by atoms with Crippen LogP contribution >= 0.6 is 0 Å². The molecule has 2 unspecified atom stereocenters. The molecule has 1 aliphatic rings. The summed E-state index contributed by atoms with van der Waals surface area (Å²) >= 11 is 0. The predicted octanol–water partition coefficient (Wildman–Crippen LogP) is -0.0253. The molecule has 0 saturated carbocycles. The number of hydrogen-bond acceptors (Lipinski definition) is 5. The quantitative estimate of drug-likeness (QED) is 0.813. The highest BCUT2D eigenvalue weighted by Gasteiger charge is 2.35. The van der Waals surface area contributed by atoms with Crippen LogP contribution in [0.25, 0.3) is 0 Å². The van der Waals surface area contributed by atoms with Gasteiger partial charge in [0.1, 0.15) is 0 Å². The van der Waals surface area contributed by atoms with Crippen LogP contribution in [0.3, 0.4) is 0 Å². The number of morpholine rings is 1. The minimum Gasteiger partial charge on any atom is -0.373 e. The lowest BCUT2D eigenvalue weighted by Crippen LogP contribution is -2.48. The molecule has 19 heavy (non-hydrogen) atoms. The van der Waals surface area contributed by atoms with Crippen molar-refractivity contribution in [1.29, 1.82) is 0 Å². The van der Waals surface area contributed by atoms with E-state index in [1.54, 1.807) is 6.92 Å². The molecule has 2 atom stereocenters. The van der Waals surface area contributed by atoms with Crippen molar-refractivity contribution in [1.82, 2.24) is 14.5 Å².